The van der Waals surface area contributed by atoms with E-state index in [-0.39, 0.29) is 0 Å². The van der Waals surface area contributed by atoms with E-state index in [4.69, 9.17) is 5.73 Å². The van der Waals surface area contributed by atoms with E-state index in [1.54, 1.807) is 0 Å². The standard InChI is InChI=1S/C40H29N3/c41-23-10-15-29(22-24-42)30-13-9-14-32(25-30)37-27-39-40(35-19-8-7-18-34(35)37)36-21-20-31(28-11-3-1-4-12-28)26-38(36)43(39)33-16-5-2-6-17-33/h1-9,11-22,24-27H,10,42H2/b24-22-,29-15+. The van der Waals surface area contributed by atoms with Gasteiger partial charge < -0.3 is 10.3 Å². The van der Waals surface area contributed by atoms with Crippen LogP contribution < -0.4 is 5.73 Å². The van der Waals surface area contributed by atoms with Crippen molar-refractivity contribution in [3.63, 3.8) is 0 Å². The second-order valence-corrected chi connectivity index (χ2v) is 10.6. The third-order valence-electron chi connectivity index (χ3n) is 8.09. The van der Waals surface area contributed by atoms with Gasteiger partial charge in [0.2, 0.25) is 0 Å². The smallest absolute Gasteiger partial charge is 0.0663 e. The summed E-state index contributed by atoms with van der Waals surface area (Å²) in [5.41, 5.74) is 15.8. The maximum Gasteiger partial charge on any atom is 0.0663 e. The van der Waals surface area contributed by atoms with Gasteiger partial charge in [0.05, 0.1) is 23.5 Å². The summed E-state index contributed by atoms with van der Waals surface area (Å²) >= 11 is 0. The minimum Gasteiger partial charge on any atom is -0.405 e. The second kappa shape index (κ2) is 11.2. The molecule has 0 saturated carbocycles. The zero-order valence-corrected chi connectivity index (χ0v) is 23.6. The van der Waals surface area contributed by atoms with Crippen molar-refractivity contribution in [3.8, 4) is 34.0 Å². The molecular weight excluding hydrogens is 522 g/mol. The molecule has 0 aliphatic carbocycles. The average Bonchev–Trinajstić information content (AvgIpc) is 3.41. The Kier molecular flexibility index (Phi) is 6.79. The van der Waals surface area contributed by atoms with Crippen LogP contribution in [0.2, 0.25) is 0 Å². The molecule has 0 aliphatic heterocycles. The van der Waals surface area contributed by atoms with Crippen molar-refractivity contribution in [1.82, 2.24) is 4.57 Å². The van der Waals surface area contributed by atoms with Gasteiger partial charge in [-0.25, -0.2) is 0 Å². The number of fused-ring (bicyclic) bond motifs is 5. The highest BCUT2D eigenvalue weighted by atomic mass is 15.0. The Morgan fingerprint density at radius 2 is 1.37 bits per heavy atom. The fraction of sp³-hybridized carbons (Fsp3) is 0.0250. The number of nitrogens with zero attached hydrogens (tertiary/aromatic N) is 2. The highest BCUT2D eigenvalue weighted by Gasteiger charge is 2.18. The van der Waals surface area contributed by atoms with Gasteiger partial charge >= 0.3 is 0 Å². The van der Waals surface area contributed by atoms with Crippen molar-refractivity contribution in [1.29, 1.82) is 5.26 Å². The monoisotopic (exact) mass is 551 g/mol. The summed E-state index contributed by atoms with van der Waals surface area (Å²) in [4.78, 5) is 0. The minimum absolute atomic E-state index is 0.320. The summed E-state index contributed by atoms with van der Waals surface area (Å²) in [7, 11) is 0. The van der Waals surface area contributed by atoms with E-state index in [1.165, 1.54) is 44.4 Å². The van der Waals surface area contributed by atoms with E-state index < -0.39 is 0 Å². The van der Waals surface area contributed by atoms with E-state index in [2.05, 4.69) is 144 Å². The topological polar surface area (TPSA) is 54.7 Å². The van der Waals surface area contributed by atoms with Crippen LogP contribution >= 0.6 is 0 Å². The van der Waals surface area contributed by atoms with Crippen LogP contribution in [0.3, 0.4) is 0 Å². The molecule has 3 heteroatoms. The van der Waals surface area contributed by atoms with Crippen molar-refractivity contribution in [3.05, 3.63) is 157 Å². The summed E-state index contributed by atoms with van der Waals surface area (Å²) in [6.07, 6.45) is 5.62. The van der Waals surface area contributed by atoms with Crippen LogP contribution in [-0.2, 0) is 0 Å². The first-order chi connectivity index (χ1) is 21.3. The van der Waals surface area contributed by atoms with Crippen molar-refractivity contribution >= 4 is 38.2 Å². The minimum atomic E-state index is 0.320. The summed E-state index contributed by atoms with van der Waals surface area (Å²) < 4.78 is 2.40. The lowest BCUT2D eigenvalue weighted by molar-refractivity contribution is 1.18. The first-order valence-electron chi connectivity index (χ1n) is 14.4. The maximum atomic E-state index is 9.19. The van der Waals surface area contributed by atoms with Crippen LogP contribution in [0.25, 0.3) is 66.1 Å². The molecule has 1 aromatic heterocycles. The van der Waals surface area contributed by atoms with Crippen LogP contribution in [0.1, 0.15) is 12.0 Å². The van der Waals surface area contributed by atoms with Crippen LogP contribution in [0, 0.1) is 11.3 Å². The number of nitriles is 1. The quantitative estimate of drug-likeness (QED) is 0.209. The van der Waals surface area contributed by atoms with Crippen LogP contribution in [-0.4, -0.2) is 4.57 Å². The van der Waals surface area contributed by atoms with Crippen molar-refractivity contribution in [2.75, 3.05) is 0 Å². The molecule has 1 heterocycles. The van der Waals surface area contributed by atoms with E-state index in [0.29, 0.717) is 6.42 Å². The summed E-state index contributed by atoms with van der Waals surface area (Å²) in [6.45, 7) is 0. The molecule has 7 aromatic rings. The first-order valence-corrected chi connectivity index (χ1v) is 14.4. The van der Waals surface area contributed by atoms with Crippen molar-refractivity contribution in [2.24, 2.45) is 5.73 Å². The second-order valence-electron chi connectivity index (χ2n) is 10.6. The average molecular weight is 552 g/mol. The molecule has 0 bridgehead atoms. The number of hydrogen-bond donors (Lipinski definition) is 1. The van der Waals surface area contributed by atoms with E-state index in [1.807, 2.05) is 12.2 Å². The molecule has 0 atom stereocenters. The number of rotatable bonds is 6. The molecule has 0 saturated heterocycles. The van der Waals surface area contributed by atoms with Gasteiger partial charge in [-0.1, -0.05) is 109 Å². The molecule has 2 N–H and O–H groups in total. The summed E-state index contributed by atoms with van der Waals surface area (Å²) in [5, 5.41) is 14.1. The van der Waals surface area contributed by atoms with Gasteiger partial charge in [-0.15, -0.1) is 0 Å². The molecule has 0 amide bonds. The number of para-hydroxylation sites is 1. The predicted molar refractivity (Wildman–Crippen MR) is 181 cm³/mol. The molecule has 0 unspecified atom stereocenters. The van der Waals surface area contributed by atoms with Gasteiger partial charge in [0.1, 0.15) is 0 Å². The number of allylic oxidation sites excluding steroid dienone is 3. The summed E-state index contributed by atoms with van der Waals surface area (Å²) in [6, 6.07) is 49.7. The van der Waals surface area contributed by atoms with Gasteiger partial charge in [0, 0.05) is 16.5 Å². The Balaban J connectivity index is 1.56. The Bertz CT molecular complexity index is 2210. The van der Waals surface area contributed by atoms with Crippen LogP contribution in [0.4, 0.5) is 0 Å². The van der Waals surface area contributed by atoms with Crippen LogP contribution in [0.15, 0.2) is 152 Å². The Labute approximate surface area is 251 Å². The fourth-order valence-corrected chi connectivity index (χ4v) is 6.19. The zero-order valence-electron chi connectivity index (χ0n) is 23.6. The highest BCUT2D eigenvalue weighted by Crippen LogP contribution is 2.42. The molecule has 0 radical (unpaired) electrons. The third-order valence-corrected chi connectivity index (χ3v) is 8.09. The highest BCUT2D eigenvalue weighted by molar-refractivity contribution is 6.24. The van der Waals surface area contributed by atoms with Gasteiger partial charge in [0.15, 0.2) is 0 Å². The van der Waals surface area contributed by atoms with E-state index >= 15 is 0 Å². The molecule has 0 aliphatic rings. The van der Waals surface area contributed by atoms with Crippen LogP contribution in [0.5, 0.6) is 0 Å². The SMILES string of the molecule is N#CC/C=C(\C=C/N)c1cccc(-c2cc3c(c4ccccc24)c2ccc(-c4ccccc4)cc2n3-c2ccccc2)c1. The lowest BCUT2D eigenvalue weighted by atomic mass is 9.92. The lowest BCUT2D eigenvalue weighted by Crippen LogP contribution is -1.94. The molecule has 7 rings (SSSR count). The van der Waals surface area contributed by atoms with Gasteiger partial charge in [-0.3, -0.25) is 0 Å². The maximum absolute atomic E-state index is 9.19. The molecule has 3 nitrogen and oxygen atoms in total. The molecule has 43 heavy (non-hydrogen) atoms. The first kappa shape index (κ1) is 26.1. The van der Waals surface area contributed by atoms with Gasteiger partial charge in [-0.05, 0) is 86.8 Å². The Morgan fingerprint density at radius 3 is 2.14 bits per heavy atom. The van der Waals surface area contributed by atoms with E-state index in [9.17, 15) is 5.26 Å². The number of benzene rings is 6. The molecule has 0 spiro atoms. The van der Waals surface area contributed by atoms with E-state index in [0.717, 1.165) is 33.5 Å². The van der Waals surface area contributed by atoms with Crippen molar-refractivity contribution < 1.29 is 0 Å². The van der Waals surface area contributed by atoms with Crippen molar-refractivity contribution in [2.45, 2.75) is 6.42 Å². The van der Waals surface area contributed by atoms with Gasteiger partial charge in [-0.2, -0.15) is 5.26 Å². The fourth-order valence-electron chi connectivity index (χ4n) is 6.19. The molecule has 204 valence electrons. The number of aromatic nitrogens is 1. The molecular formula is C40H29N3. The lowest BCUT2D eigenvalue weighted by Gasteiger charge is -2.13. The van der Waals surface area contributed by atoms with Gasteiger partial charge in [0.25, 0.3) is 0 Å². The number of nitrogens with two attached hydrogens (primary N) is 1. The summed E-state index contributed by atoms with van der Waals surface area (Å²) in [5.74, 6) is 0. The Morgan fingerprint density at radius 1 is 0.651 bits per heavy atom. The predicted octanol–water partition coefficient (Wildman–Crippen LogP) is 10.0. The zero-order chi connectivity index (χ0) is 29.2. The normalized spacial score (nSPS) is 11.9. The number of hydrogen-bond acceptors (Lipinski definition) is 2. The third kappa shape index (κ3) is 4.66. The largest absolute Gasteiger partial charge is 0.405 e. The molecule has 6 aromatic carbocycles. The Hall–Kier alpha value is -5.85. The molecule has 0 fully saturated rings.